The van der Waals surface area contributed by atoms with Crippen LogP contribution >= 0.6 is 0 Å². The molecule has 4 heteroatoms. The minimum absolute atomic E-state index is 0. The molecule has 0 aromatic heterocycles. The second-order valence-corrected chi connectivity index (χ2v) is 3.05. The summed E-state index contributed by atoms with van der Waals surface area (Å²) in [6.07, 6.45) is 4.31. The molecule has 0 fully saturated rings. The smallest absolute Gasteiger partial charge is 0.313 e. The Bertz CT molecular complexity index is 169. The molecule has 86 valence electrons. The van der Waals surface area contributed by atoms with Crippen molar-refractivity contribution < 1.29 is 30.8 Å². The molecular weight excluding hydrogens is 227 g/mol. The van der Waals surface area contributed by atoms with Gasteiger partial charge in [0.05, 0.1) is 0 Å². The Balaban J connectivity index is 0. The minimum Gasteiger partial charge on any atom is -0.393 e. The second-order valence-electron chi connectivity index (χ2n) is 3.05. The van der Waals surface area contributed by atoms with Gasteiger partial charge >= 0.3 is 11.9 Å². The van der Waals surface area contributed by atoms with Gasteiger partial charge in [0.25, 0.3) is 0 Å². The number of hydrogen-bond donors (Lipinski definition) is 0. The first-order valence-corrected chi connectivity index (χ1v) is 4.94. The van der Waals surface area contributed by atoms with E-state index in [4.69, 9.17) is 0 Å². The Labute approximate surface area is 95.5 Å². The Morgan fingerprint density at radius 3 is 2.00 bits per heavy atom. The molecule has 0 aromatic rings. The third-order valence-corrected chi connectivity index (χ3v) is 1.67. The number of hydrogen-bond acceptors (Lipinski definition) is 3. The molecule has 14 heavy (non-hydrogen) atoms. The van der Waals surface area contributed by atoms with E-state index in [9.17, 15) is 9.59 Å². The molecule has 3 nitrogen and oxygen atoms in total. The fourth-order valence-electron chi connectivity index (χ4n) is 0.952. The average molecular weight is 245 g/mol. The maximum atomic E-state index is 11.0. The van der Waals surface area contributed by atoms with E-state index in [0.29, 0.717) is 12.8 Å². The van der Waals surface area contributed by atoms with Gasteiger partial charge in [0, 0.05) is 29.3 Å². The molecule has 0 bridgehead atoms. The van der Waals surface area contributed by atoms with Gasteiger partial charge in [-0.1, -0.05) is 26.7 Å². The number of unbranched alkanes of at least 4 members (excludes halogenated alkanes) is 2. The van der Waals surface area contributed by atoms with Gasteiger partial charge in [0.15, 0.2) is 0 Å². The van der Waals surface area contributed by atoms with E-state index in [-0.39, 0.29) is 22.5 Å². The third-order valence-electron chi connectivity index (χ3n) is 1.67. The third kappa shape index (κ3) is 9.72. The number of rotatable bonds is 6. The van der Waals surface area contributed by atoms with Crippen LogP contribution < -0.4 is 0 Å². The van der Waals surface area contributed by atoms with Crippen molar-refractivity contribution in [1.29, 1.82) is 0 Å². The SMILES string of the molecule is CCCCCC(=O)OC(=O)CCC.[Ni]. The summed E-state index contributed by atoms with van der Waals surface area (Å²) in [7, 11) is 0. The Morgan fingerprint density at radius 1 is 0.929 bits per heavy atom. The Morgan fingerprint density at radius 2 is 1.50 bits per heavy atom. The van der Waals surface area contributed by atoms with Gasteiger partial charge in [-0.15, -0.1) is 0 Å². The topological polar surface area (TPSA) is 43.4 Å². The first kappa shape index (κ1) is 16.1. The van der Waals surface area contributed by atoms with Crippen molar-refractivity contribution in [1.82, 2.24) is 0 Å². The monoisotopic (exact) mass is 244 g/mol. The van der Waals surface area contributed by atoms with Crippen molar-refractivity contribution in [2.75, 3.05) is 0 Å². The van der Waals surface area contributed by atoms with Gasteiger partial charge in [0.1, 0.15) is 0 Å². The van der Waals surface area contributed by atoms with Crippen LogP contribution in [0.5, 0.6) is 0 Å². The van der Waals surface area contributed by atoms with Crippen LogP contribution in [0.3, 0.4) is 0 Å². The zero-order chi connectivity index (χ0) is 10.1. The van der Waals surface area contributed by atoms with Crippen LogP contribution in [0.4, 0.5) is 0 Å². The summed E-state index contributed by atoms with van der Waals surface area (Å²) in [5, 5.41) is 0. The summed E-state index contributed by atoms with van der Waals surface area (Å²) in [5.74, 6) is -0.782. The van der Waals surface area contributed by atoms with Gasteiger partial charge in [-0.25, -0.2) is 0 Å². The first-order valence-electron chi connectivity index (χ1n) is 4.94. The van der Waals surface area contributed by atoms with Crippen molar-refractivity contribution in [2.45, 2.75) is 52.4 Å². The van der Waals surface area contributed by atoms with Crippen molar-refractivity contribution >= 4 is 11.9 Å². The van der Waals surface area contributed by atoms with E-state index in [0.717, 1.165) is 25.7 Å². The normalized spacial score (nSPS) is 9.00. The maximum Gasteiger partial charge on any atom is 0.313 e. The largest absolute Gasteiger partial charge is 0.393 e. The summed E-state index contributed by atoms with van der Waals surface area (Å²) in [5.41, 5.74) is 0. The Hall–Kier alpha value is -0.366. The van der Waals surface area contributed by atoms with E-state index in [1.165, 1.54) is 0 Å². The fraction of sp³-hybridized carbons (Fsp3) is 0.800. The van der Waals surface area contributed by atoms with Crippen molar-refractivity contribution in [3.05, 3.63) is 0 Å². The van der Waals surface area contributed by atoms with Gasteiger partial charge in [0.2, 0.25) is 0 Å². The molecule has 0 saturated carbocycles. The molecule has 0 amide bonds. The van der Waals surface area contributed by atoms with Crippen LogP contribution in [0.2, 0.25) is 0 Å². The van der Waals surface area contributed by atoms with Gasteiger partial charge in [-0.05, 0) is 12.8 Å². The molecule has 0 radical (unpaired) electrons. The average Bonchev–Trinajstić information content (AvgIpc) is 2.05. The predicted molar refractivity (Wildman–Crippen MR) is 50.1 cm³/mol. The summed E-state index contributed by atoms with van der Waals surface area (Å²) in [6.45, 7) is 3.94. The second kappa shape index (κ2) is 10.7. The summed E-state index contributed by atoms with van der Waals surface area (Å²) in [6, 6.07) is 0. The number of carbonyl (C=O) groups excluding carboxylic acids is 2. The molecule has 0 aliphatic heterocycles. The van der Waals surface area contributed by atoms with Gasteiger partial charge in [-0.2, -0.15) is 0 Å². The number of carbonyl (C=O) groups is 2. The molecule has 0 aromatic carbocycles. The molecule has 0 spiro atoms. The van der Waals surface area contributed by atoms with Gasteiger partial charge < -0.3 is 4.74 Å². The van der Waals surface area contributed by atoms with Gasteiger partial charge in [-0.3, -0.25) is 9.59 Å². The van der Waals surface area contributed by atoms with Crippen LogP contribution in [0, 0.1) is 0 Å². The molecule has 0 aliphatic carbocycles. The first-order chi connectivity index (χ1) is 6.20. The number of ether oxygens (including phenoxy) is 1. The molecule has 0 rings (SSSR count). The Kier molecular flexibility index (Phi) is 12.3. The molecular formula is C10H18NiO3. The van der Waals surface area contributed by atoms with Crippen molar-refractivity contribution in [3.8, 4) is 0 Å². The standard InChI is InChI=1S/C10H18O3.Ni/c1-3-5-6-8-10(12)13-9(11)7-4-2;/h3-8H2,1-2H3;. The zero-order valence-electron chi connectivity index (χ0n) is 8.78. The number of esters is 2. The molecule has 0 heterocycles. The quantitative estimate of drug-likeness (QED) is 0.312. The van der Waals surface area contributed by atoms with Crippen LogP contribution in [0.25, 0.3) is 0 Å². The van der Waals surface area contributed by atoms with Crippen LogP contribution in [0.15, 0.2) is 0 Å². The predicted octanol–water partition coefficient (Wildman–Crippen LogP) is 2.43. The molecule has 0 N–H and O–H groups in total. The van der Waals surface area contributed by atoms with E-state index in [1.807, 2.05) is 6.92 Å². The summed E-state index contributed by atoms with van der Waals surface area (Å²) in [4.78, 5) is 21.8. The molecule has 0 aliphatic rings. The molecule has 0 saturated heterocycles. The van der Waals surface area contributed by atoms with E-state index in [2.05, 4.69) is 11.7 Å². The summed E-state index contributed by atoms with van der Waals surface area (Å²) >= 11 is 0. The van der Waals surface area contributed by atoms with E-state index >= 15 is 0 Å². The minimum atomic E-state index is -0.399. The maximum absolute atomic E-state index is 11.0. The van der Waals surface area contributed by atoms with E-state index in [1.54, 1.807) is 0 Å². The fourth-order valence-corrected chi connectivity index (χ4v) is 0.952. The zero-order valence-corrected chi connectivity index (χ0v) is 9.77. The van der Waals surface area contributed by atoms with Crippen molar-refractivity contribution in [2.24, 2.45) is 0 Å². The molecule has 0 unspecified atom stereocenters. The van der Waals surface area contributed by atoms with Crippen LogP contribution in [0.1, 0.15) is 52.4 Å². The van der Waals surface area contributed by atoms with Crippen LogP contribution in [-0.4, -0.2) is 11.9 Å². The molecule has 0 atom stereocenters. The summed E-state index contributed by atoms with van der Waals surface area (Å²) < 4.78 is 4.56. The van der Waals surface area contributed by atoms with Crippen LogP contribution in [-0.2, 0) is 30.8 Å². The van der Waals surface area contributed by atoms with Crippen molar-refractivity contribution in [3.63, 3.8) is 0 Å². The van der Waals surface area contributed by atoms with E-state index < -0.39 is 5.97 Å².